The highest BCUT2D eigenvalue weighted by Gasteiger charge is 2.20. The van der Waals surface area contributed by atoms with E-state index in [9.17, 15) is 9.59 Å². The van der Waals surface area contributed by atoms with E-state index in [0.29, 0.717) is 11.5 Å². The number of carbonyl (C=O) groups is 2. The summed E-state index contributed by atoms with van der Waals surface area (Å²) in [7, 11) is 0. The molecule has 1 aliphatic rings. The van der Waals surface area contributed by atoms with Gasteiger partial charge in [-0.25, -0.2) is 0 Å². The Kier molecular flexibility index (Phi) is 5.70. The number of primary amides is 1. The summed E-state index contributed by atoms with van der Waals surface area (Å²) in [5, 5.41) is 0. The molecular formula is C15H19BrN2O2S. The maximum Gasteiger partial charge on any atom is 0.249 e. The second-order valence-electron chi connectivity index (χ2n) is 5.27. The zero-order chi connectivity index (χ0) is 15.4. The molecule has 0 aliphatic carbocycles. The predicted octanol–water partition coefficient (Wildman–Crippen LogP) is 2.90. The van der Waals surface area contributed by atoms with E-state index in [0.717, 1.165) is 41.1 Å². The summed E-state index contributed by atoms with van der Waals surface area (Å²) < 4.78 is 0.731. The minimum absolute atomic E-state index is 0.167. The third-order valence-corrected chi connectivity index (χ3v) is 5.67. The number of nitrogens with zero attached hydrogens (tertiary/aromatic N) is 1. The van der Waals surface area contributed by atoms with Crippen LogP contribution in [0.4, 0.5) is 0 Å². The molecule has 0 radical (unpaired) electrons. The Hall–Kier alpha value is -1.01. The predicted molar refractivity (Wildman–Crippen MR) is 88.4 cm³/mol. The molecule has 0 unspecified atom stereocenters. The number of hydrogen-bond donors (Lipinski definition) is 1. The normalized spacial score (nSPS) is 16.0. The smallest absolute Gasteiger partial charge is 0.249 e. The van der Waals surface area contributed by atoms with Gasteiger partial charge >= 0.3 is 0 Å². The molecule has 0 aromatic heterocycles. The van der Waals surface area contributed by atoms with Crippen molar-refractivity contribution in [2.24, 2.45) is 11.7 Å². The van der Waals surface area contributed by atoms with Crippen molar-refractivity contribution < 1.29 is 9.59 Å². The summed E-state index contributed by atoms with van der Waals surface area (Å²) in [5.74, 6) is 1.37. The van der Waals surface area contributed by atoms with Gasteiger partial charge in [-0.1, -0.05) is 0 Å². The maximum absolute atomic E-state index is 11.3. The second kappa shape index (κ2) is 7.31. The van der Waals surface area contributed by atoms with Crippen molar-refractivity contribution in [2.45, 2.75) is 24.7 Å². The number of benzene rings is 1. The maximum atomic E-state index is 11.3. The average molecular weight is 371 g/mol. The van der Waals surface area contributed by atoms with Crippen LogP contribution in [0.15, 0.2) is 27.6 Å². The number of hydrogen-bond acceptors (Lipinski definition) is 3. The first-order valence-corrected chi connectivity index (χ1v) is 8.73. The molecule has 1 aromatic rings. The SMILES string of the molecule is CC(=O)N1CCC(CSc2ccc(Br)c(C(N)=O)c2)CC1. The minimum atomic E-state index is -0.418. The van der Waals surface area contributed by atoms with Gasteiger partial charge in [0.25, 0.3) is 0 Å². The van der Waals surface area contributed by atoms with Crippen LogP contribution in [0.25, 0.3) is 0 Å². The number of nitrogens with two attached hydrogens (primary N) is 1. The number of thioether (sulfide) groups is 1. The van der Waals surface area contributed by atoms with Crippen LogP contribution in [0.1, 0.15) is 30.1 Å². The van der Waals surface area contributed by atoms with E-state index < -0.39 is 5.91 Å². The van der Waals surface area contributed by atoms with Gasteiger partial charge in [0.05, 0.1) is 5.56 Å². The third-order valence-electron chi connectivity index (χ3n) is 3.75. The first-order chi connectivity index (χ1) is 9.97. The topological polar surface area (TPSA) is 63.4 Å². The highest BCUT2D eigenvalue weighted by atomic mass is 79.9. The van der Waals surface area contributed by atoms with E-state index >= 15 is 0 Å². The molecule has 4 nitrogen and oxygen atoms in total. The van der Waals surface area contributed by atoms with Crippen molar-refractivity contribution in [3.63, 3.8) is 0 Å². The standard InChI is InChI=1S/C15H19BrN2O2S/c1-10(19)18-6-4-11(5-7-18)9-21-12-2-3-14(16)13(8-12)15(17)20/h2-3,8,11H,4-7,9H2,1H3,(H2,17,20). The van der Waals surface area contributed by atoms with Gasteiger partial charge < -0.3 is 10.6 Å². The molecule has 2 N–H and O–H groups in total. The zero-order valence-corrected chi connectivity index (χ0v) is 14.4. The van der Waals surface area contributed by atoms with E-state index in [1.54, 1.807) is 18.7 Å². The lowest BCUT2D eigenvalue weighted by molar-refractivity contribution is -0.130. The van der Waals surface area contributed by atoms with Gasteiger partial charge in [-0.3, -0.25) is 9.59 Å². The van der Waals surface area contributed by atoms with Crippen LogP contribution in [-0.2, 0) is 4.79 Å². The summed E-state index contributed by atoms with van der Waals surface area (Å²) in [6.45, 7) is 3.34. The van der Waals surface area contributed by atoms with E-state index in [2.05, 4.69) is 15.9 Å². The molecule has 0 atom stereocenters. The quantitative estimate of drug-likeness (QED) is 0.828. The second-order valence-corrected chi connectivity index (χ2v) is 7.21. The Morgan fingerprint density at radius 3 is 2.62 bits per heavy atom. The summed E-state index contributed by atoms with van der Waals surface area (Å²) in [4.78, 5) is 25.6. The van der Waals surface area contributed by atoms with E-state index in [-0.39, 0.29) is 5.91 Å². The van der Waals surface area contributed by atoms with Crippen LogP contribution in [0.5, 0.6) is 0 Å². The van der Waals surface area contributed by atoms with Gasteiger partial charge in [-0.05, 0) is 52.9 Å². The molecule has 6 heteroatoms. The zero-order valence-electron chi connectivity index (χ0n) is 12.0. The molecular weight excluding hydrogens is 352 g/mol. The number of carbonyl (C=O) groups excluding carboxylic acids is 2. The molecule has 0 spiro atoms. The first kappa shape index (κ1) is 16.4. The molecule has 21 heavy (non-hydrogen) atoms. The minimum Gasteiger partial charge on any atom is -0.366 e. The molecule has 1 fully saturated rings. The van der Waals surface area contributed by atoms with Crippen molar-refractivity contribution in [1.29, 1.82) is 0 Å². The highest BCUT2D eigenvalue weighted by molar-refractivity contribution is 9.10. The number of halogens is 1. The molecule has 2 rings (SSSR count). The van der Waals surface area contributed by atoms with E-state index in [4.69, 9.17) is 5.73 Å². The van der Waals surface area contributed by atoms with Crippen molar-refractivity contribution in [2.75, 3.05) is 18.8 Å². The number of likely N-dealkylation sites (tertiary alicyclic amines) is 1. The van der Waals surface area contributed by atoms with Crippen LogP contribution in [0, 0.1) is 5.92 Å². The molecule has 2 amide bonds. The monoisotopic (exact) mass is 370 g/mol. The Morgan fingerprint density at radius 2 is 2.05 bits per heavy atom. The van der Waals surface area contributed by atoms with Crippen molar-refractivity contribution in [3.05, 3.63) is 28.2 Å². The van der Waals surface area contributed by atoms with Gasteiger partial charge in [0.15, 0.2) is 0 Å². The number of piperidine rings is 1. The Balaban J connectivity index is 1.88. The molecule has 1 aliphatic heterocycles. The molecule has 0 bridgehead atoms. The lowest BCUT2D eigenvalue weighted by atomic mass is 9.99. The van der Waals surface area contributed by atoms with Gasteiger partial charge in [0.1, 0.15) is 0 Å². The fourth-order valence-electron chi connectivity index (χ4n) is 2.41. The Morgan fingerprint density at radius 1 is 1.38 bits per heavy atom. The van der Waals surface area contributed by atoms with E-state index in [1.807, 2.05) is 23.1 Å². The lowest BCUT2D eigenvalue weighted by Gasteiger charge is -2.31. The summed E-state index contributed by atoms with van der Waals surface area (Å²) >= 11 is 5.08. The van der Waals surface area contributed by atoms with Crippen molar-refractivity contribution in [1.82, 2.24) is 4.90 Å². The van der Waals surface area contributed by atoms with Gasteiger partial charge in [0, 0.05) is 35.1 Å². The van der Waals surface area contributed by atoms with Crippen molar-refractivity contribution in [3.8, 4) is 0 Å². The fraction of sp³-hybridized carbons (Fsp3) is 0.467. The first-order valence-electron chi connectivity index (χ1n) is 6.95. The van der Waals surface area contributed by atoms with Crippen molar-refractivity contribution >= 4 is 39.5 Å². The van der Waals surface area contributed by atoms with Gasteiger partial charge in [0.2, 0.25) is 11.8 Å². The summed E-state index contributed by atoms with van der Waals surface area (Å²) in [5.41, 5.74) is 5.87. The number of rotatable bonds is 4. The third kappa shape index (κ3) is 4.48. The lowest BCUT2D eigenvalue weighted by Crippen LogP contribution is -2.37. The fourth-order valence-corrected chi connectivity index (χ4v) is 3.98. The van der Waals surface area contributed by atoms with Crippen LogP contribution >= 0.6 is 27.7 Å². The Bertz CT molecular complexity index is 542. The van der Waals surface area contributed by atoms with Crippen LogP contribution in [-0.4, -0.2) is 35.6 Å². The van der Waals surface area contributed by atoms with Crippen LogP contribution in [0.3, 0.4) is 0 Å². The highest BCUT2D eigenvalue weighted by Crippen LogP contribution is 2.29. The Labute approximate surface area is 137 Å². The van der Waals surface area contributed by atoms with Crippen LogP contribution < -0.4 is 5.73 Å². The molecule has 114 valence electrons. The molecule has 1 saturated heterocycles. The summed E-state index contributed by atoms with van der Waals surface area (Å²) in [6.07, 6.45) is 2.09. The van der Waals surface area contributed by atoms with Gasteiger partial charge in [-0.2, -0.15) is 0 Å². The largest absolute Gasteiger partial charge is 0.366 e. The van der Waals surface area contributed by atoms with E-state index in [1.165, 1.54) is 0 Å². The van der Waals surface area contributed by atoms with Crippen LogP contribution in [0.2, 0.25) is 0 Å². The molecule has 1 heterocycles. The summed E-state index contributed by atoms with van der Waals surface area (Å²) in [6, 6.07) is 5.69. The van der Waals surface area contributed by atoms with Gasteiger partial charge in [-0.15, -0.1) is 11.8 Å². The average Bonchev–Trinajstić information content (AvgIpc) is 2.46. The molecule has 0 saturated carbocycles. The number of amides is 2. The molecule has 1 aromatic carbocycles.